The number of anilines is 1. The molecule has 4 nitrogen and oxygen atoms in total. The van der Waals surface area contributed by atoms with Crippen molar-refractivity contribution in [1.82, 2.24) is 0 Å². The molecule has 0 atom stereocenters. The van der Waals surface area contributed by atoms with Crippen molar-refractivity contribution >= 4 is 11.7 Å². The molecule has 0 aliphatic heterocycles. The molecule has 2 aromatic carbocycles. The molecule has 2 N–H and O–H groups in total. The van der Waals surface area contributed by atoms with Crippen LogP contribution >= 0.6 is 0 Å². The molecular weight excluding hydrogens is 278 g/mol. The van der Waals surface area contributed by atoms with Crippen molar-refractivity contribution in [3.63, 3.8) is 0 Å². The molecule has 0 saturated carbocycles. The van der Waals surface area contributed by atoms with Crippen molar-refractivity contribution in [2.45, 2.75) is 20.3 Å². The summed E-state index contributed by atoms with van der Waals surface area (Å²) in [5.74, 6) is 0.0170. The molecule has 0 spiro atoms. The molecule has 2 aromatic rings. The van der Waals surface area contributed by atoms with E-state index in [9.17, 15) is 4.79 Å². The Morgan fingerprint density at radius 2 is 1.77 bits per heavy atom. The van der Waals surface area contributed by atoms with E-state index in [1.54, 1.807) is 18.2 Å². The van der Waals surface area contributed by atoms with Gasteiger partial charge in [0.2, 0.25) is 0 Å². The van der Waals surface area contributed by atoms with Crippen LogP contribution in [-0.2, 0) is 0 Å². The largest absolute Gasteiger partial charge is 0.493 e. The highest BCUT2D eigenvalue weighted by Crippen LogP contribution is 2.22. The number of para-hydroxylation sites is 2. The average Bonchev–Trinajstić information content (AvgIpc) is 2.50. The smallest absolute Gasteiger partial charge is 0.337 e. The fraction of sp³-hybridized carbons (Fsp3) is 0.278. The minimum absolute atomic E-state index is 0.290. The van der Waals surface area contributed by atoms with Gasteiger partial charge in [0.1, 0.15) is 5.75 Å². The Labute approximate surface area is 130 Å². The standard InChI is InChI=1S/C18H21NO3/c1-13-7-5-8-14(2)17(13)22-12-6-11-19-16-10-4-3-9-15(16)18(20)21/h3-5,7-10,19H,6,11-12H2,1-2H3,(H,20,21). The number of ether oxygens (including phenoxy) is 1. The van der Waals surface area contributed by atoms with Crippen LogP contribution < -0.4 is 10.1 Å². The first-order chi connectivity index (χ1) is 10.6. The number of aromatic carboxylic acids is 1. The van der Waals surface area contributed by atoms with Crippen molar-refractivity contribution in [3.05, 3.63) is 59.2 Å². The van der Waals surface area contributed by atoms with Gasteiger partial charge >= 0.3 is 5.97 Å². The Balaban J connectivity index is 1.82. The maximum atomic E-state index is 11.1. The summed E-state index contributed by atoms with van der Waals surface area (Å²) < 4.78 is 5.83. The average molecular weight is 299 g/mol. The number of hydrogen-bond acceptors (Lipinski definition) is 3. The van der Waals surface area contributed by atoms with Crippen molar-refractivity contribution in [1.29, 1.82) is 0 Å². The summed E-state index contributed by atoms with van der Waals surface area (Å²) in [4.78, 5) is 11.1. The molecular formula is C18H21NO3. The molecule has 0 aromatic heterocycles. The third-order valence-corrected chi connectivity index (χ3v) is 3.45. The van der Waals surface area contributed by atoms with Gasteiger partial charge in [0, 0.05) is 12.2 Å². The van der Waals surface area contributed by atoms with E-state index in [1.807, 2.05) is 38.1 Å². The van der Waals surface area contributed by atoms with Crippen molar-refractivity contribution < 1.29 is 14.6 Å². The maximum absolute atomic E-state index is 11.1. The zero-order valence-electron chi connectivity index (χ0n) is 12.9. The van der Waals surface area contributed by atoms with Gasteiger partial charge in [-0.05, 0) is 43.5 Å². The highest BCUT2D eigenvalue weighted by Gasteiger charge is 2.08. The summed E-state index contributed by atoms with van der Waals surface area (Å²) in [7, 11) is 0. The maximum Gasteiger partial charge on any atom is 0.337 e. The third kappa shape index (κ3) is 4.01. The highest BCUT2D eigenvalue weighted by molar-refractivity contribution is 5.94. The van der Waals surface area contributed by atoms with Crippen molar-refractivity contribution in [2.24, 2.45) is 0 Å². The van der Waals surface area contributed by atoms with Crippen molar-refractivity contribution in [3.8, 4) is 5.75 Å². The fourth-order valence-corrected chi connectivity index (χ4v) is 2.32. The number of hydrogen-bond donors (Lipinski definition) is 2. The van der Waals surface area contributed by atoms with Gasteiger partial charge in [0.05, 0.1) is 12.2 Å². The molecule has 22 heavy (non-hydrogen) atoms. The molecule has 0 heterocycles. The molecule has 0 fully saturated rings. The molecule has 0 saturated heterocycles. The lowest BCUT2D eigenvalue weighted by molar-refractivity contribution is 0.0698. The molecule has 0 amide bonds. The number of carboxylic acid groups (broad SMARTS) is 1. The molecule has 0 radical (unpaired) electrons. The fourth-order valence-electron chi connectivity index (χ4n) is 2.32. The van der Waals surface area contributed by atoms with Crippen LogP contribution in [0.25, 0.3) is 0 Å². The molecule has 0 aliphatic carbocycles. The monoisotopic (exact) mass is 299 g/mol. The molecule has 0 aliphatic rings. The topological polar surface area (TPSA) is 58.6 Å². The molecule has 2 rings (SSSR count). The lowest BCUT2D eigenvalue weighted by Gasteiger charge is -2.13. The summed E-state index contributed by atoms with van der Waals surface area (Å²) >= 11 is 0. The lowest BCUT2D eigenvalue weighted by Crippen LogP contribution is -2.11. The van der Waals surface area contributed by atoms with E-state index in [0.29, 0.717) is 18.8 Å². The molecule has 0 bridgehead atoms. The minimum atomic E-state index is -0.921. The van der Waals surface area contributed by atoms with E-state index in [0.717, 1.165) is 23.3 Å². The molecule has 116 valence electrons. The summed E-state index contributed by atoms with van der Waals surface area (Å²) in [5, 5.41) is 12.3. The van der Waals surface area contributed by atoms with Crippen LogP contribution in [0.4, 0.5) is 5.69 Å². The van der Waals surface area contributed by atoms with Crippen molar-refractivity contribution in [2.75, 3.05) is 18.5 Å². The van der Waals surface area contributed by atoms with E-state index >= 15 is 0 Å². The summed E-state index contributed by atoms with van der Waals surface area (Å²) in [6.07, 6.45) is 0.793. The number of nitrogens with one attached hydrogen (secondary N) is 1. The molecule has 0 unspecified atom stereocenters. The number of aryl methyl sites for hydroxylation is 2. The number of carbonyl (C=O) groups is 1. The number of benzene rings is 2. The van der Waals surface area contributed by atoms with Gasteiger partial charge in [0.15, 0.2) is 0 Å². The zero-order chi connectivity index (χ0) is 15.9. The van der Waals surface area contributed by atoms with Crippen LogP contribution in [0, 0.1) is 13.8 Å². The Hall–Kier alpha value is -2.49. The molecule has 4 heteroatoms. The van der Waals surface area contributed by atoms with Gasteiger partial charge in [0.25, 0.3) is 0 Å². The first kappa shape index (κ1) is 15.9. The number of rotatable bonds is 7. The van der Waals surface area contributed by atoms with Crippen LogP contribution in [-0.4, -0.2) is 24.2 Å². The SMILES string of the molecule is Cc1cccc(C)c1OCCCNc1ccccc1C(=O)O. The van der Waals surface area contributed by atoms with Crippen LogP contribution in [0.5, 0.6) is 5.75 Å². The van der Waals surface area contributed by atoms with E-state index < -0.39 is 5.97 Å². The van der Waals surface area contributed by atoms with Crippen LogP contribution in [0.3, 0.4) is 0 Å². The van der Waals surface area contributed by atoms with Crippen LogP contribution in [0.15, 0.2) is 42.5 Å². The van der Waals surface area contributed by atoms with Crippen LogP contribution in [0.1, 0.15) is 27.9 Å². The second-order valence-electron chi connectivity index (χ2n) is 5.20. The summed E-state index contributed by atoms with van der Waals surface area (Å²) in [5.41, 5.74) is 3.19. The highest BCUT2D eigenvalue weighted by atomic mass is 16.5. The predicted octanol–water partition coefficient (Wildman–Crippen LogP) is 3.88. The van der Waals surface area contributed by atoms with Gasteiger partial charge in [-0.1, -0.05) is 30.3 Å². The third-order valence-electron chi connectivity index (χ3n) is 3.45. The van der Waals surface area contributed by atoms with E-state index in [-0.39, 0.29) is 5.56 Å². The Morgan fingerprint density at radius 3 is 2.45 bits per heavy atom. The first-order valence-corrected chi connectivity index (χ1v) is 7.35. The minimum Gasteiger partial charge on any atom is -0.493 e. The summed E-state index contributed by atoms with van der Waals surface area (Å²) in [6, 6.07) is 13.0. The van der Waals surface area contributed by atoms with Gasteiger partial charge in [-0.15, -0.1) is 0 Å². The van der Waals surface area contributed by atoms with Gasteiger partial charge in [-0.3, -0.25) is 0 Å². The predicted molar refractivity (Wildman–Crippen MR) is 87.9 cm³/mol. The Morgan fingerprint density at radius 1 is 1.09 bits per heavy atom. The van der Waals surface area contributed by atoms with Gasteiger partial charge < -0.3 is 15.2 Å². The normalized spacial score (nSPS) is 10.3. The lowest BCUT2D eigenvalue weighted by atomic mass is 10.1. The van der Waals surface area contributed by atoms with E-state index in [2.05, 4.69) is 5.32 Å². The second-order valence-corrected chi connectivity index (χ2v) is 5.20. The first-order valence-electron chi connectivity index (χ1n) is 7.35. The summed E-state index contributed by atoms with van der Waals surface area (Å²) in [6.45, 7) is 5.32. The number of carboxylic acids is 1. The second kappa shape index (κ2) is 7.50. The van der Waals surface area contributed by atoms with E-state index in [4.69, 9.17) is 9.84 Å². The van der Waals surface area contributed by atoms with Gasteiger partial charge in [-0.25, -0.2) is 4.79 Å². The van der Waals surface area contributed by atoms with E-state index in [1.165, 1.54) is 0 Å². The Kier molecular flexibility index (Phi) is 5.42. The Bertz CT molecular complexity index is 632. The van der Waals surface area contributed by atoms with Crippen LogP contribution in [0.2, 0.25) is 0 Å². The zero-order valence-corrected chi connectivity index (χ0v) is 12.9. The van der Waals surface area contributed by atoms with Gasteiger partial charge in [-0.2, -0.15) is 0 Å². The quantitative estimate of drug-likeness (QED) is 0.762.